The SMILES string of the molecule is [2H]c1cc(C([2H])([2H])C(C)(C)C)cc(C([2H])([2H])[2H])c1-c1c(C([2H])([2H])[2H])cnc(-c2[c-]cccc2)c1[2H].[CH3][Ge]([CH3])([CH3])[c]1ccc(-c2[c-]cc(F)cc2)nc1.[Ir]. The zero-order chi connectivity index (χ0) is 39.0. The van der Waals surface area contributed by atoms with Crippen LogP contribution >= 0.6 is 0 Å². The van der Waals surface area contributed by atoms with Crippen molar-refractivity contribution >= 4 is 17.7 Å². The van der Waals surface area contributed by atoms with Crippen molar-refractivity contribution < 1.29 is 38.2 Å². The first-order valence-corrected chi connectivity index (χ1v) is 21.0. The van der Waals surface area contributed by atoms with E-state index in [9.17, 15) is 4.39 Å². The smallest absolute Gasteiger partial charge is 0 e. The van der Waals surface area contributed by atoms with Crippen LogP contribution in [0.5, 0.6) is 0 Å². The molecule has 0 fully saturated rings. The van der Waals surface area contributed by atoms with Gasteiger partial charge in [-0.25, -0.2) is 0 Å². The summed E-state index contributed by atoms with van der Waals surface area (Å²) >= 11 is -1.79. The fraction of sp³-hybridized carbons (Fsp3) is 0.263. The molecular weight excluding hydrogens is 768 g/mol. The molecular formula is C38H41FGeIrN2-2. The summed E-state index contributed by atoms with van der Waals surface area (Å²) in [5, 5.41) is 0. The average Bonchev–Trinajstić information content (AvgIpc) is 3.04. The van der Waals surface area contributed by atoms with Crippen molar-refractivity contribution in [2.24, 2.45) is 5.41 Å². The van der Waals surface area contributed by atoms with Crippen molar-refractivity contribution in [2.45, 2.75) is 58.1 Å². The molecule has 5 aromatic rings. The molecule has 0 saturated heterocycles. The van der Waals surface area contributed by atoms with Crippen molar-refractivity contribution in [3.8, 4) is 33.6 Å². The van der Waals surface area contributed by atoms with Crippen LogP contribution in [0.1, 0.15) is 51.2 Å². The van der Waals surface area contributed by atoms with Crippen molar-refractivity contribution in [2.75, 3.05) is 0 Å². The van der Waals surface area contributed by atoms with Crippen LogP contribution in [-0.4, -0.2) is 23.2 Å². The molecule has 2 heterocycles. The van der Waals surface area contributed by atoms with Crippen LogP contribution in [0.15, 0.2) is 91.2 Å². The maximum absolute atomic E-state index is 12.8. The Bertz CT molecular complexity index is 2020. The predicted octanol–water partition coefficient (Wildman–Crippen LogP) is 9.65. The minimum absolute atomic E-state index is 0. The van der Waals surface area contributed by atoms with Gasteiger partial charge in [-0.2, -0.15) is 0 Å². The summed E-state index contributed by atoms with van der Waals surface area (Å²) in [7, 11) is 0. The molecule has 0 amide bonds. The van der Waals surface area contributed by atoms with Crippen LogP contribution in [0.2, 0.25) is 17.3 Å². The zero-order valence-corrected chi connectivity index (χ0v) is 29.6. The molecule has 3 aromatic carbocycles. The van der Waals surface area contributed by atoms with Crippen molar-refractivity contribution in [3.63, 3.8) is 0 Å². The summed E-state index contributed by atoms with van der Waals surface area (Å²) in [5.41, 5.74) is 0.0635. The molecule has 2 nitrogen and oxygen atoms in total. The fourth-order valence-electron chi connectivity index (χ4n) is 4.06. The van der Waals surface area contributed by atoms with Gasteiger partial charge in [-0.05, 0) is 59.0 Å². The molecule has 0 bridgehead atoms. The molecule has 0 unspecified atom stereocenters. The van der Waals surface area contributed by atoms with E-state index < -0.39 is 38.8 Å². The number of hydrogen-bond acceptors (Lipinski definition) is 2. The number of halogens is 1. The van der Waals surface area contributed by atoms with Gasteiger partial charge >= 0.3 is 104 Å². The standard InChI is InChI=1S/C24H26N.C14H15FGeN.Ir/c1-17-13-19(15-24(3,4)5)11-12-21(17)22-14-23(25-16-18(22)2)20-9-7-6-8-10-20;1-16(2,3)13-8-9-14(17-10-13)11-4-6-12(15)7-5-11;/h6-9,11-14,16H,15H2,1-5H3;4,6-10H,1-3H3;/q2*-1;/i1D3,2D3,12D,14D,15D2;;. The van der Waals surface area contributed by atoms with Crippen LogP contribution in [0.3, 0.4) is 0 Å². The second-order valence-electron chi connectivity index (χ2n) is 12.0. The van der Waals surface area contributed by atoms with E-state index >= 15 is 0 Å². The average molecular weight is 820 g/mol. The zero-order valence-electron chi connectivity index (χ0n) is 35.1. The van der Waals surface area contributed by atoms with Gasteiger partial charge in [-0.15, -0.1) is 35.9 Å². The Morgan fingerprint density at radius 2 is 1.63 bits per heavy atom. The van der Waals surface area contributed by atoms with E-state index in [0.717, 1.165) is 17.5 Å². The maximum atomic E-state index is 12.8. The molecule has 0 saturated carbocycles. The summed E-state index contributed by atoms with van der Waals surface area (Å²) in [6.45, 7) is -0.552. The van der Waals surface area contributed by atoms with Gasteiger partial charge in [0.05, 0.1) is 2.74 Å². The molecule has 0 aliphatic carbocycles. The topological polar surface area (TPSA) is 25.8 Å². The molecule has 2 aromatic heterocycles. The van der Waals surface area contributed by atoms with E-state index in [4.69, 9.17) is 13.7 Å². The molecule has 5 heteroatoms. The number of aromatic nitrogens is 2. The molecule has 0 spiro atoms. The first kappa shape index (κ1) is 22.6. The van der Waals surface area contributed by atoms with E-state index in [1.54, 1.807) is 51.1 Å². The number of benzene rings is 3. The molecule has 0 N–H and O–H groups in total. The quantitative estimate of drug-likeness (QED) is 0.131. The Balaban J connectivity index is 0.000000351. The molecule has 0 aliphatic rings. The van der Waals surface area contributed by atoms with Crippen LogP contribution in [0, 0.1) is 37.1 Å². The first-order chi connectivity index (χ1) is 23.8. The summed E-state index contributed by atoms with van der Waals surface area (Å²) < 4.78 is 97.3. The third-order valence-electron chi connectivity index (χ3n) is 6.19. The fourth-order valence-corrected chi connectivity index (χ4v) is 6.23. The Hall–Kier alpha value is -2.92. The third-order valence-corrected chi connectivity index (χ3v) is 10.4. The largest absolute Gasteiger partial charge is 0 e. The maximum Gasteiger partial charge on any atom is 0 e. The van der Waals surface area contributed by atoms with Crippen LogP contribution in [0.25, 0.3) is 33.6 Å². The van der Waals surface area contributed by atoms with Gasteiger partial charge < -0.3 is 4.98 Å². The number of hydrogen-bond donors (Lipinski definition) is 0. The Morgan fingerprint density at radius 3 is 2.21 bits per heavy atom. The molecule has 1 radical (unpaired) electrons. The second kappa shape index (κ2) is 14.7. The van der Waals surface area contributed by atoms with Gasteiger partial charge in [0.15, 0.2) is 0 Å². The first-order valence-electron chi connectivity index (χ1n) is 18.6. The Kier molecular flexibility index (Phi) is 7.72. The summed E-state index contributed by atoms with van der Waals surface area (Å²) in [4.78, 5) is 8.61. The van der Waals surface area contributed by atoms with E-state index in [1.807, 2.05) is 12.3 Å². The summed E-state index contributed by atoms with van der Waals surface area (Å²) in [6, 6.07) is 22.8. The number of nitrogens with zero attached hydrogens (tertiary/aromatic N) is 2. The van der Waals surface area contributed by atoms with E-state index in [-0.39, 0.29) is 71.5 Å². The van der Waals surface area contributed by atoms with Crippen LogP contribution in [-0.2, 0) is 26.5 Å². The molecule has 0 atom stereocenters. The monoisotopic (exact) mass is 821 g/mol. The van der Waals surface area contributed by atoms with E-state index in [2.05, 4.69) is 45.4 Å². The van der Waals surface area contributed by atoms with Gasteiger partial charge in [-0.3, -0.25) is 0 Å². The Labute approximate surface area is 288 Å². The predicted molar refractivity (Wildman–Crippen MR) is 178 cm³/mol. The van der Waals surface area contributed by atoms with E-state index in [1.165, 1.54) is 28.7 Å². The van der Waals surface area contributed by atoms with Gasteiger partial charge in [0.1, 0.15) is 0 Å². The number of rotatable bonds is 5. The normalized spacial score (nSPS) is 15.6. The molecule has 5 rings (SSSR count). The molecule has 43 heavy (non-hydrogen) atoms. The van der Waals surface area contributed by atoms with Crippen molar-refractivity contribution in [1.82, 2.24) is 9.97 Å². The Morgan fingerprint density at radius 1 is 0.884 bits per heavy atom. The van der Waals surface area contributed by atoms with Crippen LogP contribution < -0.4 is 4.40 Å². The van der Waals surface area contributed by atoms with E-state index in [0.29, 0.717) is 5.56 Å². The van der Waals surface area contributed by atoms with Crippen LogP contribution in [0.4, 0.5) is 4.39 Å². The molecule has 225 valence electrons. The summed E-state index contributed by atoms with van der Waals surface area (Å²) in [6.07, 6.45) is 1.05. The minimum atomic E-state index is -2.81. The number of pyridine rings is 2. The number of aryl methyl sites for hydroxylation is 2. The van der Waals surface area contributed by atoms with Gasteiger partial charge in [0.2, 0.25) is 0 Å². The minimum Gasteiger partial charge on any atom is 0 e. The second-order valence-corrected chi connectivity index (χ2v) is 22.6. The molecule has 0 aliphatic heterocycles. The summed E-state index contributed by atoms with van der Waals surface area (Å²) in [5.74, 6) is 6.73. The van der Waals surface area contributed by atoms with Crippen molar-refractivity contribution in [3.05, 3.63) is 126 Å². The third kappa shape index (κ3) is 9.79. The van der Waals surface area contributed by atoms with Gasteiger partial charge in [0.25, 0.3) is 0 Å². The van der Waals surface area contributed by atoms with Gasteiger partial charge in [-0.1, -0.05) is 45.0 Å². The van der Waals surface area contributed by atoms with Crippen molar-refractivity contribution in [1.29, 1.82) is 0 Å². The van der Waals surface area contributed by atoms with Gasteiger partial charge in [0, 0.05) is 37.3 Å².